The van der Waals surface area contributed by atoms with E-state index in [9.17, 15) is 24.0 Å². The Balaban J connectivity index is 4.95. The lowest BCUT2D eigenvalue weighted by Gasteiger charge is -2.18. The van der Waals surface area contributed by atoms with Crippen LogP contribution in [0.2, 0.25) is 0 Å². The lowest BCUT2D eigenvalue weighted by molar-refractivity contribution is -0.139. The standard InChI is InChI=1S/C16H26N4O9S/c1-3-29-16(27)11(20-28-2)8-30-7-10(14(24)18-6-13(22)23)19-12(21)5-4-9(17)15(25)26/h9-10H,3-8,17H2,1-2H3,(H,18,24)(H,19,21)(H,22,23)(H,25,26)/b20-11+. The molecule has 6 N–H and O–H groups in total. The van der Waals surface area contributed by atoms with E-state index in [1.807, 2.05) is 0 Å². The third kappa shape index (κ3) is 11.9. The van der Waals surface area contributed by atoms with Crippen LogP contribution in [-0.2, 0) is 33.5 Å². The summed E-state index contributed by atoms with van der Waals surface area (Å²) in [5.74, 6) is -4.69. The highest BCUT2D eigenvalue weighted by atomic mass is 32.2. The second kappa shape index (κ2) is 15.0. The van der Waals surface area contributed by atoms with Gasteiger partial charge in [-0.1, -0.05) is 5.16 Å². The quantitative estimate of drug-likeness (QED) is 0.106. The predicted molar refractivity (Wildman–Crippen MR) is 106 cm³/mol. The smallest absolute Gasteiger partial charge is 0.356 e. The third-order valence-corrected chi connectivity index (χ3v) is 4.35. The number of amides is 2. The number of hydrogen-bond acceptors (Lipinski definition) is 10. The molecule has 2 unspecified atom stereocenters. The van der Waals surface area contributed by atoms with Crippen LogP contribution in [0.3, 0.4) is 0 Å². The summed E-state index contributed by atoms with van der Waals surface area (Å²) in [5.41, 5.74) is 5.29. The number of nitrogens with zero attached hydrogens (tertiary/aromatic N) is 1. The van der Waals surface area contributed by atoms with Gasteiger partial charge in [0.05, 0.1) is 6.61 Å². The number of carbonyl (C=O) groups is 5. The van der Waals surface area contributed by atoms with Gasteiger partial charge in [-0.05, 0) is 13.3 Å². The number of nitrogens with one attached hydrogen (secondary N) is 2. The number of rotatable bonds is 15. The summed E-state index contributed by atoms with van der Waals surface area (Å²) in [6.45, 7) is 1.09. The van der Waals surface area contributed by atoms with E-state index < -0.39 is 48.4 Å². The zero-order chi connectivity index (χ0) is 23.1. The summed E-state index contributed by atoms with van der Waals surface area (Å²) in [6.07, 6.45) is -0.397. The van der Waals surface area contributed by atoms with E-state index >= 15 is 0 Å². The van der Waals surface area contributed by atoms with Gasteiger partial charge in [-0.3, -0.25) is 19.2 Å². The van der Waals surface area contributed by atoms with Gasteiger partial charge in [-0.15, -0.1) is 0 Å². The lowest BCUT2D eigenvalue weighted by atomic mass is 10.1. The van der Waals surface area contributed by atoms with Crippen molar-refractivity contribution in [2.75, 3.05) is 31.8 Å². The molecule has 0 radical (unpaired) electrons. The number of carbonyl (C=O) groups excluding carboxylic acids is 3. The van der Waals surface area contributed by atoms with E-state index in [4.69, 9.17) is 20.7 Å². The number of nitrogens with two attached hydrogens (primary N) is 1. The minimum atomic E-state index is -1.27. The molecular weight excluding hydrogens is 424 g/mol. The first-order chi connectivity index (χ1) is 14.1. The molecule has 0 rings (SSSR count). The Morgan fingerprint density at radius 3 is 2.40 bits per heavy atom. The number of carboxylic acid groups (broad SMARTS) is 2. The van der Waals surface area contributed by atoms with E-state index in [1.54, 1.807) is 6.92 Å². The first-order valence-electron chi connectivity index (χ1n) is 8.74. The highest BCUT2D eigenvalue weighted by Crippen LogP contribution is 2.07. The molecule has 0 aliphatic rings. The summed E-state index contributed by atoms with van der Waals surface area (Å²) >= 11 is 1.04. The molecule has 13 nitrogen and oxygen atoms in total. The van der Waals surface area contributed by atoms with Gasteiger partial charge in [0.1, 0.15) is 25.7 Å². The molecule has 0 aromatic rings. The second-order valence-corrected chi connectivity index (χ2v) is 6.70. The molecule has 0 spiro atoms. The predicted octanol–water partition coefficient (Wildman–Crippen LogP) is -1.84. The second-order valence-electron chi connectivity index (χ2n) is 5.67. The van der Waals surface area contributed by atoms with E-state index in [1.165, 1.54) is 7.11 Å². The molecule has 0 aliphatic carbocycles. The third-order valence-electron chi connectivity index (χ3n) is 3.30. The fourth-order valence-electron chi connectivity index (χ4n) is 1.87. The van der Waals surface area contributed by atoms with Crippen molar-refractivity contribution in [1.82, 2.24) is 10.6 Å². The maximum atomic E-state index is 12.2. The Hall–Kier alpha value is -2.87. The van der Waals surface area contributed by atoms with Gasteiger partial charge in [0.15, 0.2) is 5.71 Å². The maximum Gasteiger partial charge on any atom is 0.356 e. The number of thioether (sulfide) groups is 1. The van der Waals surface area contributed by atoms with Crippen LogP contribution in [0.25, 0.3) is 0 Å². The summed E-state index contributed by atoms with van der Waals surface area (Å²) in [4.78, 5) is 61.9. The van der Waals surface area contributed by atoms with Gasteiger partial charge >= 0.3 is 17.9 Å². The molecule has 0 fully saturated rings. The van der Waals surface area contributed by atoms with E-state index in [0.717, 1.165) is 11.8 Å². The van der Waals surface area contributed by atoms with Gasteiger partial charge in [0.2, 0.25) is 11.8 Å². The van der Waals surface area contributed by atoms with Crippen molar-refractivity contribution in [3.63, 3.8) is 0 Å². The Kier molecular flexibility index (Phi) is 13.6. The molecule has 0 aromatic carbocycles. The minimum absolute atomic E-state index is 0.00482. The molecule has 0 heterocycles. The van der Waals surface area contributed by atoms with Crippen molar-refractivity contribution < 1.29 is 43.8 Å². The van der Waals surface area contributed by atoms with Crippen LogP contribution in [0, 0.1) is 0 Å². The van der Waals surface area contributed by atoms with Crippen molar-refractivity contribution in [3.05, 3.63) is 0 Å². The van der Waals surface area contributed by atoms with Gasteiger partial charge in [0.25, 0.3) is 0 Å². The molecule has 2 atom stereocenters. The van der Waals surface area contributed by atoms with Gasteiger partial charge in [0, 0.05) is 17.9 Å². The van der Waals surface area contributed by atoms with Gasteiger partial charge in [-0.2, -0.15) is 11.8 Å². The van der Waals surface area contributed by atoms with E-state index in [2.05, 4.69) is 20.6 Å². The molecule has 0 saturated carbocycles. The van der Waals surface area contributed by atoms with Crippen molar-refractivity contribution in [1.29, 1.82) is 0 Å². The summed E-state index contributed by atoms with van der Waals surface area (Å²) in [7, 11) is 1.24. The van der Waals surface area contributed by atoms with E-state index in [-0.39, 0.29) is 36.7 Å². The SMILES string of the molecule is CCOC(=O)/C(CSCC(NC(=O)CCC(N)C(=O)O)C(=O)NCC(=O)O)=N/OC. The zero-order valence-electron chi connectivity index (χ0n) is 16.6. The molecule has 0 aliphatic heterocycles. The molecular formula is C16H26N4O9S. The van der Waals surface area contributed by atoms with Crippen LogP contribution in [0.4, 0.5) is 0 Å². The van der Waals surface area contributed by atoms with Crippen molar-refractivity contribution in [2.45, 2.75) is 31.8 Å². The lowest BCUT2D eigenvalue weighted by Crippen LogP contribution is -2.49. The van der Waals surface area contributed by atoms with Crippen LogP contribution in [0.5, 0.6) is 0 Å². The number of oxime groups is 1. The average Bonchev–Trinajstić information content (AvgIpc) is 2.68. The first-order valence-corrected chi connectivity index (χ1v) is 9.89. The molecule has 0 saturated heterocycles. The van der Waals surface area contributed by atoms with Crippen LogP contribution in [0.15, 0.2) is 5.16 Å². The Morgan fingerprint density at radius 2 is 1.87 bits per heavy atom. The van der Waals surface area contributed by atoms with Gasteiger partial charge in [-0.25, -0.2) is 4.79 Å². The summed E-state index contributed by atoms with van der Waals surface area (Å²) in [6, 6.07) is -2.38. The molecule has 30 heavy (non-hydrogen) atoms. The average molecular weight is 450 g/mol. The highest BCUT2D eigenvalue weighted by Gasteiger charge is 2.23. The number of esters is 1. The molecule has 0 aromatic heterocycles. The monoisotopic (exact) mass is 450 g/mol. The van der Waals surface area contributed by atoms with Crippen LogP contribution >= 0.6 is 11.8 Å². The Labute approximate surface area is 176 Å². The Bertz CT molecular complexity index is 657. The highest BCUT2D eigenvalue weighted by molar-refractivity contribution is 8.00. The number of aliphatic carboxylic acids is 2. The van der Waals surface area contributed by atoms with Crippen molar-refractivity contribution >= 4 is 47.2 Å². The Morgan fingerprint density at radius 1 is 1.20 bits per heavy atom. The van der Waals surface area contributed by atoms with Crippen molar-refractivity contribution in [3.8, 4) is 0 Å². The number of ether oxygens (including phenoxy) is 1. The van der Waals surface area contributed by atoms with Crippen LogP contribution in [-0.4, -0.2) is 89.5 Å². The van der Waals surface area contributed by atoms with Gasteiger partial charge < -0.3 is 36.2 Å². The van der Waals surface area contributed by atoms with Crippen molar-refractivity contribution in [2.24, 2.45) is 10.9 Å². The molecule has 14 heteroatoms. The zero-order valence-corrected chi connectivity index (χ0v) is 17.4. The molecule has 0 bridgehead atoms. The number of carboxylic acids is 2. The number of hydrogen-bond donors (Lipinski definition) is 5. The van der Waals surface area contributed by atoms with Crippen LogP contribution in [0.1, 0.15) is 19.8 Å². The maximum absolute atomic E-state index is 12.2. The first kappa shape index (κ1) is 27.1. The fourth-order valence-corrected chi connectivity index (χ4v) is 2.82. The normalized spacial score (nSPS) is 13.0. The largest absolute Gasteiger partial charge is 0.480 e. The van der Waals surface area contributed by atoms with E-state index in [0.29, 0.717) is 0 Å². The summed E-state index contributed by atoms with van der Waals surface area (Å²) in [5, 5.41) is 25.5. The minimum Gasteiger partial charge on any atom is -0.480 e. The molecule has 2 amide bonds. The topological polar surface area (TPSA) is 207 Å². The fraction of sp³-hybridized carbons (Fsp3) is 0.625. The van der Waals surface area contributed by atoms with Crippen LogP contribution < -0.4 is 16.4 Å². The molecule has 170 valence electrons. The summed E-state index contributed by atoms with van der Waals surface area (Å²) < 4.78 is 4.83.